The Kier molecular flexibility index (Phi) is 3.53. The molecule has 1 saturated heterocycles. The van der Waals surface area contributed by atoms with Crippen molar-refractivity contribution in [3.05, 3.63) is 32.9 Å². The van der Waals surface area contributed by atoms with Crippen molar-refractivity contribution >= 4 is 0 Å². The second kappa shape index (κ2) is 4.97. The van der Waals surface area contributed by atoms with Crippen LogP contribution in [0.25, 0.3) is 0 Å². The number of H-pyrrole nitrogens is 1. The van der Waals surface area contributed by atoms with Gasteiger partial charge in [-0.1, -0.05) is 5.92 Å². The van der Waals surface area contributed by atoms with E-state index in [9.17, 15) is 19.1 Å². The predicted octanol–water partition coefficient (Wildman–Crippen LogP) is -1.82. The number of hydrogen-bond donors (Lipinski definition) is 3. The molecule has 1 aromatic heterocycles. The molecule has 2 heterocycles. The van der Waals surface area contributed by atoms with Crippen LogP contribution >= 0.6 is 0 Å². The summed E-state index contributed by atoms with van der Waals surface area (Å²) in [6, 6.07) is 0. The third-order valence-electron chi connectivity index (χ3n) is 2.94. The van der Waals surface area contributed by atoms with Crippen LogP contribution in [0, 0.1) is 24.1 Å². The monoisotopic (exact) mass is 270 g/mol. The molecule has 3 N–H and O–H groups in total. The zero-order chi connectivity index (χ0) is 14.2. The summed E-state index contributed by atoms with van der Waals surface area (Å²) in [6.07, 6.45) is 2.56. The standard InChI is InChI=1S/C11H11FN2O5/c1-2-5-8(16)7(4-15)19-10(5)14-3-6(12)9(17)13-11(14)18/h1,3,5,7-8,10,15-16H,4H2,(H,13,17,18). The molecule has 0 radical (unpaired) electrons. The third kappa shape index (κ3) is 2.19. The fraction of sp³-hybridized carbons (Fsp3) is 0.455. The first-order valence-corrected chi connectivity index (χ1v) is 5.41. The molecule has 0 spiro atoms. The molecular weight excluding hydrogens is 259 g/mol. The lowest BCUT2D eigenvalue weighted by Gasteiger charge is -2.17. The van der Waals surface area contributed by atoms with Gasteiger partial charge >= 0.3 is 5.69 Å². The van der Waals surface area contributed by atoms with Gasteiger partial charge in [0, 0.05) is 0 Å². The Morgan fingerprint density at radius 1 is 1.58 bits per heavy atom. The Balaban J connectivity index is 2.48. The lowest BCUT2D eigenvalue weighted by atomic mass is 10.0. The van der Waals surface area contributed by atoms with Crippen LogP contribution in [0.2, 0.25) is 0 Å². The van der Waals surface area contributed by atoms with Crippen molar-refractivity contribution in [1.82, 2.24) is 9.55 Å². The number of nitrogens with one attached hydrogen (secondary N) is 1. The van der Waals surface area contributed by atoms with Crippen molar-refractivity contribution in [3.63, 3.8) is 0 Å². The maximum atomic E-state index is 13.2. The molecule has 4 atom stereocenters. The fourth-order valence-electron chi connectivity index (χ4n) is 1.96. The summed E-state index contributed by atoms with van der Waals surface area (Å²) >= 11 is 0. The van der Waals surface area contributed by atoms with Gasteiger partial charge < -0.3 is 14.9 Å². The normalized spacial score (nSPS) is 30.2. The molecule has 1 aromatic rings. The summed E-state index contributed by atoms with van der Waals surface area (Å²) in [6.45, 7) is -0.504. The molecule has 4 unspecified atom stereocenters. The molecule has 102 valence electrons. The van der Waals surface area contributed by atoms with Gasteiger partial charge in [-0.2, -0.15) is 4.39 Å². The van der Waals surface area contributed by atoms with Crippen molar-refractivity contribution in [2.75, 3.05) is 6.61 Å². The summed E-state index contributed by atoms with van der Waals surface area (Å²) in [5.74, 6) is 0.104. The quantitative estimate of drug-likeness (QED) is 0.549. The number of nitrogens with zero attached hydrogens (tertiary/aromatic N) is 1. The fourth-order valence-corrected chi connectivity index (χ4v) is 1.96. The molecule has 1 aliphatic heterocycles. The Hall–Kier alpha value is -1.95. The van der Waals surface area contributed by atoms with Crippen molar-refractivity contribution in [2.45, 2.75) is 18.4 Å². The minimum absolute atomic E-state index is 0.504. The van der Waals surface area contributed by atoms with Crippen LogP contribution in [0.15, 0.2) is 15.8 Å². The van der Waals surface area contributed by atoms with Crippen molar-refractivity contribution in [3.8, 4) is 12.3 Å². The zero-order valence-corrected chi connectivity index (χ0v) is 9.62. The van der Waals surface area contributed by atoms with Gasteiger partial charge in [0.1, 0.15) is 12.2 Å². The first kappa shape index (κ1) is 13.5. The highest BCUT2D eigenvalue weighted by molar-refractivity contribution is 5.06. The van der Waals surface area contributed by atoms with Crippen LogP contribution in [0.3, 0.4) is 0 Å². The molecule has 19 heavy (non-hydrogen) atoms. The van der Waals surface area contributed by atoms with Gasteiger partial charge in [-0.05, 0) is 0 Å². The van der Waals surface area contributed by atoms with E-state index in [2.05, 4.69) is 5.92 Å². The lowest BCUT2D eigenvalue weighted by Crippen LogP contribution is -2.36. The molecule has 0 bridgehead atoms. The van der Waals surface area contributed by atoms with Gasteiger partial charge in [-0.25, -0.2) is 4.79 Å². The van der Waals surface area contributed by atoms with E-state index in [0.29, 0.717) is 6.20 Å². The average molecular weight is 270 g/mol. The van der Waals surface area contributed by atoms with E-state index in [1.807, 2.05) is 0 Å². The van der Waals surface area contributed by atoms with Gasteiger partial charge in [-0.3, -0.25) is 14.3 Å². The van der Waals surface area contributed by atoms with Gasteiger partial charge in [0.05, 0.1) is 18.7 Å². The Morgan fingerprint density at radius 2 is 2.26 bits per heavy atom. The summed E-state index contributed by atoms with van der Waals surface area (Å²) in [7, 11) is 0. The molecular formula is C11H11FN2O5. The third-order valence-corrected chi connectivity index (χ3v) is 2.94. The van der Waals surface area contributed by atoms with Crippen LogP contribution in [-0.4, -0.2) is 38.6 Å². The number of halogens is 1. The second-order valence-corrected chi connectivity index (χ2v) is 4.07. The van der Waals surface area contributed by atoms with Crippen LogP contribution < -0.4 is 11.2 Å². The van der Waals surface area contributed by atoms with Crippen LogP contribution in [0.5, 0.6) is 0 Å². The predicted molar refractivity (Wildman–Crippen MR) is 60.6 cm³/mol. The van der Waals surface area contributed by atoms with E-state index in [0.717, 1.165) is 4.57 Å². The maximum absolute atomic E-state index is 13.2. The molecule has 0 saturated carbocycles. The van der Waals surface area contributed by atoms with E-state index >= 15 is 0 Å². The lowest BCUT2D eigenvalue weighted by molar-refractivity contribution is -0.0473. The number of aromatic nitrogens is 2. The van der Waals surface area contributed by atoms with E-state index in [4.69, 9.17) is 16.3 Å². The number of aromatic amines is 1. The number of aliphatic hydroxyl groups excluding tert-OH is 2. The smallest absolute Gasteiger partial charge is 0.330 e. The Labute approximate surface area is 106 Å². The minimum Gasteiger partial charge on any atom is -0.394 e. The second-order valence-electron chi connectivity index (χ2n) is 4.07. The summed E-state index contributed by atoms with van der Waals surface area (Å²) in [4.78, 5) is 24.3. The first-order chi connectivity index (χ1) is 8.99. The summed E-state index contributed by atoms with van der Waals surface area (Å²) in [5.41, 5.74) is -2.07. The van der Waals surface area contributed by atoms with Gasteiger partial charge in [0.25, 0.3) is 5.56 Å². The van der Waals surface area contributed by atoms with Crippen molar-refractivity contribution in [1.29, 1.82) is 0 Å². The number of ether oxygens (including phenoxy) is 1. The Bertz CT molecular complexity index is 631. The largest absolute Gasteiger partial charge is 0.394 e. The first-order valence-electron chi connectivity index (χ1n) is 5.41. The van der Waals surface area contributed by atoms with Gasteiger partial charge in [-0.15, -0.1) is 6.42 Å². The van der Waals surface area contributed by atoms with Crippen LogP contribution in [0.4, 0.5) is 4.39 Å². The van der Waals surface area contributed by atoms with Crippen molar-refractivity contribution < 1.29 is 19.3 Å². The molecule has 1 fully saturated rings. The van der Waals surface area contributed by atoms with Gasteiger partial charge in [0.15, 0.2) is 6.23 Å². The number of terminal acetylenes is 1. The van der Waals surface area contributed by atoms with Crippen molar-refractivity contribution in [2.24, 2.45) is 5.92 Å². The molecule has 1 aliphatic rings. The highest BCUT2D eigenvalue weighted by Gasteiger charge is 2.43. The molecule has 8 heteroatoms. The zero-order valence-electron chi connectivity index (χ0n) is 9.62. The molecule has 0 aromatic carbocycles. The molecule has 0 aliphatic carbocycles. The van der Waals surface area contributed by atoms with E-state index in [1.165, 1.54) is 0 Å². The minimum atomic E-state index is -1.19. The van der Waals surface area contributed by atoms with E-state index < -0.39 is 48.0 Å². The molecule has 2 rings (SSSR count). The van der Waals surface area contributed by atoms with Gasteiger partial charge in [0.2, 0.25) is 5.82 Å². The number of aliphatic hydroxyl groups is 2. The summed E-state index contributed by atoms with van der Waals surface area (Å²) in [5, 5.41) is 18.8. The van der Waals surface area contributed by atoms with E-state index in [1.54, 1.807) is 4.98 Å². The molecule has 0 amide bonds. The van der Waals surface area contributed by atoms with Crippen LogP contribution in [0.1, 0.15) is 6.23 Å². The summed E-state index contributed by atoms with van der Waals surface area (Å²) < 4.78 is 19.2. The number of rotatable bonds is 2. The average Bonchev–Trinajstić information content (AvgIpc) is 2.70. The highest BCUT2D eigenvalue weighted by Crippen LogP contribution is 2.33. The van der Waals surface area contributed by atoms with Crippen LogP contribution in [-0.2, 0) is 4.74 Å². The highest BCUT2D eigenvalue weighted by atomic mass is 19.1. The van der Waals surface area contributed by atoms with E-state index in [-0.39, 0.29) is 0 Å². The SMILES string of the molecule is C#CC1C(O)C(CO)OC1n1cc(F)c(=O)[nH]c1=O. The number of hydrogen-bond acceptors (Lipinski definition) is 5. The topological polar surface area (TPSA) is 105 Å². The molecule has 7 nitrogen and oxygen atoms in total. The maximum Gasteiger partial charge on any atom is 0.330 e. The Morgan fingerprint density at radius 3 is 2.84 bits per heavy atom.